The number of benzene rings is 1. The smallest absolute Gasteiger partial charge is 0.298 e. The molecule has 0 spiro atoms. The number of hydrogen-bond donors (Lipinski definition) is 1. The largest absolute Gasteiger partial charge is 0.328 e. The molecule has 0 aliphatic carbocycles. The number of imidazole rings is 1. The van der Waals surface area contributed by atoms with Crippen LogP contribution in [0.15, 0.2) is 41.3 Å². The van der Waals surface area contributed by atoms with Gasteiger partial charge in [-0.2, -0.15) is 0 Å². The van der Waals surface area contributed by atoms with Crippen LogP contribution in [0.5, 0.6) is 0 Å². The first kappa shape index (κ1) is 14.3. The van der Waals surface area contributed by atoms with E-state index in [1.54, 1.807) is 13.1 Å². The fraction of sp³-hybridized carbons (Fsp3) is 0.235. The van der Waals surface area contributed by atoms with Crippen molar-refractivity contribution in [2.45, 2.75) is 26.8 Å². The second kappa shape index (κ2) is 5.60. The average Bonchev–Trinajstić information content (AvgIpc) is 2.82. The van der Waals surface area contributed by atoms with E-state index in [2.05, 4.69) is 16.0 Å². The Hall–Kier alpha value is -2.69. The summed E-state index contributed by atoms with van der Waals surface area (Å²) in [6.45, 7) is 3.90. The van der Waals surface area contributed by atoms with E-state index in [1.807, 2.05) is 31.2 Å². The van der Waals surface area contributed by atoms with E-state index in [-0.39, 0.29) is 18.0 Å². The molecule has 0 saturated heterocycles. The summed E-state index contributed by atoms with van der Waals surface area (Å²) in [5.41, 5.74) is 3.98. The van der Waals surface area contributed by atoms with Gasteiger partial charge in [0.05, 0.1) is 12.1 Å². The Morgan fingerprint density at radius 1 is 1.27 bits per heavy atom. The number of carbonyl (C=O) groups is 1. The maximum atomic E-state index is 12.0. The minimum absolute atomic E-state index is 0.0176. The van der Waals surface area contributed by atoms with Crippen LogP contribution < -0.4 is 5.69 Å². The van der Waals surface area contributed by atoms with Crippen molar-refractivity contribution >= 4 is 16.9 Å². The number of rotatable bonds is 4. The van der Waals surface area contributed by atoms with Crippen molar-refractivity contribution in [3.8, 4) is 11.1 Å². The summed E-state index contributed by atoms with van der Waals surface area (Å²) < 4.78 is 1.45. The van der Waals surface area contributed by atoms with Crippen LogP contribution in [0.4, 0.5) is 0 Å². The Morgan fingerprint density at radius 2 is 2.09 bits per heavy atom. The molecule has 5 nitrogen and oxygen atoms in total. The number of hydrogen-bond acceptors (Lipinski definition) is 3. The van der Waals surface area contributed by atoms with Crippen LogP contribution in [-0.2, 0) is 11.3 Å². The van der Waals surface area contributed by atoms with Gasteiger partial charge in [-0.3, -0.25) is 14.3 Å². The van der Waals surface area contributed by atoms with Crippen LogP contribution >= 0.6 is 0 Å². The Kier molecular flexibility index (Phi) is 3.63. The van der Waals surface area contributed by atoms with Gasteiger partial charge in [0.1, 0.15) is 0 Å². The third-order valence-corrected chi connectivity index (χ3v) is 3.71. The highest BCUT2D eigenvalue weighted by molar-refractivity contribution is 5.82. The zero-order valence-electron chi connectivity index (χ0n) is 12.6. The lowest BCUT2D eigenvalue weighted by Crippen LogP contribution is -2.21. The van der Waals surface area contributed by atoms with Crippen molar-refractivity contribution in [1.29, 1.82) is 0 Å². The number of pyridine rings is 1. The molecule has 0 radical (unpaired) electrons. The summed E-state index contributed by atoms with van der Waals surface area (Å²) in [5, 5.41) is 0. The minimum atomic E-state index is -0.300. The molecule has 0 aliphatic heterocycles. The quantitative estimate of drug-likeness (QED) is 0.804. The lowest BCUT2D eigenvalue weighted by atomic mass is 10.1. The Bertz CT molecular complexity index is 906. The summed E-state index contributed by atoms with van der Waals surface area (Å²) in [6.07, 6.45) is 2.14. The standard InChI is InChI=1S/C17H17N3O2/c1-3-14(21)10-20-15-8-13(9-18-16(15)19-17(20)22)12-6-4-5-11(2)7-12/h4-9H,3,10H2,1-2H3,(H,18,19,22). The molecule has 1 N–H and O–H groups in total. The lowest BCUT2D eigenvalue weighted by Gasteiger charge is -2.05. The molecule has 0 atom stereocenters. The van der Waals surface area contributed by atoms with Gasteiger partial charge in [-0.15, -0.1) is 0 Å². The number of aryl methyl sites for hydroxylation is 1. The molecule has 5 heteroatoms. The van der Waals surface area contributed by atoms with Gasteiger partial charge in [0.25, 0.3) is 0 Å². The summed E-state index contributed by atoms with van der Waals surface area (Å²) in [6, 6.07) is 9.98. The summed E-state index contributed by atoms with van der Waals surface area (Å²) in [5.74, 6) is 0.0176. The van der Waals surface area contributed by atoms with E-state index >= 15 is 0 Å². The van der Waals surface area contributed by atoms with Crippen LogP contribution in [0.3, 0.4) is 0 Å². The number of aromatic amines is 1. The van der Waals surface area contributed by atoms with Gasteiger partial charge in [-0.1, -0.05) is 36.8 Å². The molecule has 0 unspecified atom stereocenters. The Balaban J connectivity index is 2.14. The van der Waals surface area contributed by atoms with Crippen molar-refractivity contribution in [2.75, 3.05) is 0 Å². The topological polar surface area (TPSA) is 67.8 Å². The van der Waals surface area contributed by atoms with Crippen molar-refractivity contribution in [3.05, 3.63) is 52.6 Å². The number of nitrogens with zero attached hydrogens (tertiary/aromatic N) is 2. The number of H-pyrrole nitrogens is 1. The monoisotopic (exact) mass is 295 g/mol. The maximum absolute atomic E-state index is 12.0. The van der Waals surface area contributed by atoms with Crippen LogP contribution in [0, 0.1) is 6.92 Å². The zero-order chi connectivity index (χ0) is 15.7. The van der Waals surface area contributed by atoms with E-state index in [0.717, 1.165) is 16.7 Å². The van der Waals surface area contributed by atoms with E-state index < -0.39 is 0 Å². The fourth-order valence-electron chi connectivity index (χ4n) is 2.46. The SMILES string of the molecule is CCC(=O)Cn1c(=O)[nH]c2ncc(-c3cccc(C)c3)cc21. The molecule has 0 saturated carbocycles. The van der Waals surface area contributed by atoms with Crippen LogP contribution in [0.1, 0.15) is 18.9 Å². The third kappa shape index (κ3) is 2.57. The molecule has 0 aliphatic rings. The first-order valence-corrected chi connectivity index (χ1v) is 7.26. The summed E-state index contributed by atoms with van der Waals surface area (Å²) in [4.78, 5) is 30.7. The zero-order valence-corrected chi connectivity index (χ0v) is 12.6. The summed E-state index contributed by atoms with van der Waals surface area (Å²) in [7, 11) is 0. The van der Waals surface area contributed by atoms with Crippen LogP contribution in [-0.4, -0.2) is 20.3 Å². The molecule has 0 amide bonds. The predicted octanol–water partition coefficient (Wildman–Crippen LogP) is 2.68. The van der Waals surface area contributed by atoms with Gasteiger partial charge in [0, 0.05) is 18.2 Å². The predicted molar refractivity (Wildman–Crippen MR) is 85.8 cm³/mol. The third-order valence-electron chi connectivity index (χ3n) is 3.71. The number of ketones is 1. The molecule has 0 fully saturated rings. The molecular weight excluding hydrogens is 278 g/mol. The maximum Gasteiger partial charge on any atom is 0.328 e. The first-order chi connectivity index (χ1) is 10.6. The molecular formula is C17H17N3O2. The molecule has 1 aromatic carbocycles. The number of aromatic nitrogens is 3. The highest BCUT2D eigenvalue weighted by Crippen LogP contribution is 2.22. The second-order valence-corrected chi connectivity index (χ2v) is 5.37. The molecule has 22 heavy (non-hydrogen) atoms. The highest BCUT2D eigenvalue weighted by Gasteiger charge is 2.12. The molecule has 2 heterocycles. The van der Waals surface area contributed by atoms with Gasteiger partial charge < -0.3 is 0 Å². The molecule has 112 valence electrons. The Morgan fingerprint density at radius 3 is 2.82 bits per heavy atom. The van der Waals surface area contributed by atoms with Crippen molar-refractivity contribution in [3.63, 3.8) is 0 Å². The number of nitrogens with one attached hydrogen (secondary N) is 1. The van der Waals surface area contributed by atoms with E-state index in [1.165, 1.54) is 4.57 Å². The van der Waals surface area contributed by atoms with Gasteiger partial charge in [0.15, 0.2) is 11.4 Å². The fourth-order valence-corrected chi connectivity index (χ4v) is 2.46. The van der Waals surface area contributed by atoms with Gasteiger partial charge >= 0.3 is 5.69 Å². The van der Waals surface area contributed by atoms with Crippen LogP contribution in [0.2, 0.25) is 0 Å². The minimum Gasteiger partial charge on any atom is -0.298 e. The summed E-state index contributed by atoms with van der Waals surface area (Å²) >= 11 is 0. The second-order valence-electron chi connectivity index (χ2n) is 5.37. The van der Waals surface area contributed by atoms with Crippen molar-refractivity contribution in [2.24, 2.45) is 0 Å². The van der Waals surface area contributed by atoms with Gasteiger partial charge in [0.2, 0.25) is 0 Å². The number of carbonyl (C=O) groups excluding carboxylic acids is 1. The first-order valence-electron chi connectivity index (χ1n) is 7.26. The molecule has 3 aromatic rings. The van der Waals surface area contributed by atoms with Crippen molar-refractivity contribution < 1.29 is 4.79 Å². The van der Waals surface area contributed by atoms with Crippen molar-refractivity contribution in [1.82, 2.24) is 14.5 Å². The van der Waals surface area contributed by atoms with E-state index in [4.69, 9.17) is 0 Å². The van der Waals surface area contributed by atoms with E-state index in [9.17, 15) is 9.59 Å². The molecule has 2 aromatic heterocycles. The molecule has 3 rings (SSSR count). The molecule has 0 bridgehead atoms. The Labute approximate surface area is 127 Å². The average molecular weight is 295 g/mol. The van der Waals surface area contributed by atoms with Gasteiger partial charge in [-0.05, 0) is 18.6 Å². The normalized spacial score (nSPS) is 11.0. The van der Waals surface area contributed by atoms with Gasteiger partial charge in [-0.25, -0.2) is 9.78 Å². The lowest BCUT2D eigenvalue weighted by molar-refractivity contribution is -0.119. The number of fused-ring (bicyclic) bond motifs is 1. The van der Waals surface area contributed by atoms with Crippen LogP contribution in [0.25, 0.3) is 22.3 Å². The highest BCUT2D eigenvalue weighted by atomic mass is 16.2. The van der Waals surface area contributed by atoms with E-state index in [0.29, 0.717) is 17.6 Å². The number of Topliss-reactive ketones (excluding diaryl/α,β-unsaturated/α-hetero) is 1.